The summed E-state index contributed by atoms with van der Waals surface area (Å²) in [6.07, 6.45) is 1.71. The number of anilines is 1. The molecule has 0 fully saturated rings. The molecule has 0 aliphatic rings. The summed E-state index contributed by atoms with van der Waals surface area (Å²) in [5, 5.41) is 20.6. The van der Waals surface area contributed by atoms with Crippen LogP contribution >= 0.6 is 0 Å². The SMILES string of the molecule is CCC(C)Oc1cc(NC(=O)/C(C#N)=C(/C)O)c(F)cc1-c1ccc(F)nc1. The van der Waals surface area contributed by atoms with Gasteiger partial charge in [-0.3, -0.25) is 4.79 Å². The number of hydrogen-bond acceptors (Lipinski definition) is 5. The molecule has 2 N–H and O–H groups in total. The number of hydrogen-bond donors (Lipinski definition) is 2. The Morgan fingerprint density at radius 1 is 1.39 bits per heavy atom. The maximum absolute atomic E-state index is 14.6. The third-order valence-electron chi connectivity index (χ3n) is 3.96. The third-order valence-corrected chi connectivity index (χ3v) is 3.96. The normalized spacial score (nSPS) is 12.6. The number of halogens is 2. The second kappa shape index (κ2) is 8.95. The van der Waals surface area contributed by atoms with Crippen LogP contribution < -0.4 is 10.1 Å². The first-order chi connectivity index (χ1) is 13.3. The van der Waals surface area contributed by atoms with Gasteiger partial charge in [0.1, 0.15) is 23.4 Å². The number of nitrogens with zero attached hydrogens (tertiary/aromatic N) is 2. The van der Waals surface area contributed by atoms with E-state index in [-0.39, 0.29) is 17.5 Å². The van der Waals surface area contributed by atoms with Crippen LogP contribution in [0.25, 0.3) is 11.1 Å². The van der Waals surface area contributed by atoms with Crippen molar-refractivity contribution in [1.29, 1.82) is 5.26 Å². The standard InChI is InChI=1S/C20H19F2N3O3/c1-4-11(2)28-18-8-17(25-20(27)15(9-23)12(3)26)16(21)7-14(18)13-5-6-19(22)24-10-13/h5-8,10-11,26H,4H2,1-3H3,(H,25,27)/b15-12-. The molecular weight excluding hydrogens is 368 g/mol. The number of rotatable bonds is 6. The van der Waals surface area contributed by atoms with Gasteiger partial charge in [0.05, 0.1) is 11.8 Å². The van der Waals surface area contributed by atoms with E-state index in [1.165, 1.54) is 25.3 Å². The second-order valence-corrected chi connectivity index (χ2v) is 6.06. The number of benzene rings is 1. The first-order valence-electron chi connectivity index (χ1n) is 8.50. The molecule has 0 bridgehead atoms. The number of aliphatic hydroxyl groups excluding tert-OH is 1. The zero-order valence-electron chi connectivity index (χ0n) is 15.6. The summed E-state index contributed by atoms with van der Waals surface area (Å²) in [4.78, 5) is 15.7. The van der Waals surface area contributed by atoms with Crippen molar-refractivity contribution in [2.45, 2.75) is 33.3 Å². The Hall–Kier alpha value is -3.47. The van der Waals surface area contributed by atoms with E-state index in [0.717, 1.165) is 12.1 Å². The van der Waals surface area contributed by atoms with Gasteiger partial charge in [-0.05, 0) is 38.5 Å². The Bertz CT molecular complexity index is 946. The van der Waals surface area contributed by atoms with Gasteiger partial charge in [-0.15, -0.1) is 0 Å². The molecule has 1 aromatic carbocycles. The van der Waals surface area contributed by atoms with Gasteiger partial charge in [-0.25, -0.2) is 9.37 Å². The Morgan fingerprint density at radius 3 is 2.64 bits per heavy atom. The number of nitrogens with one attached hydrogen (secondary N) is 1. The molecule has 0 radical (unpaired) electrons. The number of nitriles is 1. The van der Waals surface area contributed by atoms with Crippen LogP contribution in [0.5, 0.6) is 5.75 Å². The highest BCUT2D eigenvalue weighted by Gasteiger charge is 2.19. The molecule has 2 rings (SSSR count). The maximum atomic E-state index is 14.6. The van der Waals surface area contributed by atoms with Gasteiger partial charge < -0.3 is 15.2 Å². The van der Waals surface area contributed by atoms with Crippen molar-refractivity contribution in [3.8, 4) is 22.9 Å². The molecule has 6 nitrogen and oxygen atoms in total. The molecule has 1 heterocycles. The van der Waals surface area contributed by atoms with Gasteiger partial charge in [-0.2, -0.15) is 9.65 Å². The lowest BCUT2D eigenvalue weighted by molar-refractivity contribution is -0.112. The van der Waals surface area contributed by atoms with Gasteiger partial charge in [0, 0.05) is 23.4 Å². The van der Waals surface area contributed by atoms with E-state index >= 15 is 0 Å². The van der Waals surface area contributed by atoms with E-state index in [1.807, 2.05) is 13.8 Å². The molecule has 1 amide bonds. The predicted molar refractivity (Wildman–Crippen MR) is 99.5 cm³/mol. The number of carbonyl (C=O) groups is 1. The molecule has 1 unspecified atom stereocenters. The minimum atomic E-state index is -0.952. The van der Waals surface area contributed by atoms with Crippen LogP contribution in [0.1, 0.15) is 27.2 Å². The minimum absolute atomic E-state index is 0.213. The average molecular weight is 387 g/mol. The molecule has 28 heavy (non-hydrogen) atoms. The highest BCUT2D eigenvalue weighted by Crippen LogP contribution is 2.35. The first-order valence-corrected chi connectivity index (χ1v) is 8.50. The van der Waals surface area contributed by atoms with E-state index in [2.05, 4.69) is 10.3 Å². The highest BCUT2D eigenvalue weighted by molar-refractivity contribution is 6.07. The highest BCUT2D eigenvalue weighted by atomic mass is 19.1. The number of pyridine rings is 1. The maximum Gasteiger partial charge on any atom is 0.269 e. The molecule has 0 saturated heterocycles. The van der Waals surface area contributed by atoms with Crippen LogP contribution in [0.2, 0.25) is 0 Å². The van der Waals surface area contributed by atoms with Crippen molar-refractivity contribution in [2.75, 3.05) is 5.32 Å². The molecule has 1 aromatic heterocycles. The minimum Gasteiger partial charge on any atom is -0.511 e. The zero-order valence-corrected chi connectivity index (χ0v) is 15.6. The van der Waals surface area contributed by atoms with Crippen LogP contribution in [-0.2, 0) is 4.79 Å². The Morgan fingerprint density at radius 2 is 2.11 bits per heavy atom. The molecule has 0 saturated carbocycles. The largest absolute Gasteiger partial charge is 0.511 e. The number of allylic oxidation sites excluding steroid dienone is 1. The van der Waals surface area contributed by atoms with Gasteiger partial charge >= 0.3 is 0 Å². The van der Waals surface area contributed by atoms with Gasteiger partial charge in [0.15, 0.2) is 5.57 Å². The van der Waals surface area contributed by atoms with E-state index in [4.69, 9.17) is 10.00 Å². The lowest BCUT2D eigenvalue weighted by atomic mass is 10.0. The third kappa shape index (κ3) is 4.82. The number of ether oxygens (including phenoxy) is 1. The van der Waals surface area contributed by atoms with Crippen molar-refractivity contribution < 1.29 is 23.4 Å². The Labute approximate surface area is 161 Å². The van der Waals surface area contributed by atoms with Crippen LogP contribution in [0.4, 0.5) is 14.5 Å². The smallest absolute Gasteiger partial charge is 0.269 e. The summed E-state index contributed by atoms with van der Waals surface area (Å²) in [5.41, 5.74) is 0.00436. The lowest BCUT2D eigenvalue weighted by Gasteiger charge is -2.18. The molecule has 0 aliphatic heterocycles. The molecule has 8 heteroatoms. The summed E-state index contributed by atoms with van der Waals surface area (Å²) in [7, 11) is 0. The van der Waals surface area contributed by atoms with E-state index in [9.17, 15) is 18.7 Å². The number of carbonyl (C=O) groups excluding carboxylic acids is 1. The quantitative estimate of drug-likeness (QED) is 0.329. The van der Waals surface area contributed by atoms with Gasteiger partial charge in [-0.1, -0.05) is 6.92 Å². The second-order valence-electron chi connectivity index (χ2n) is 6.06. The van der Waals surface area contributed by atoms with Crippen molar-refractivity contribution in [1.82, 2.24) is 4.98 Å². The first kappa shape index (κ1) is 20.8. The zero-order chi connectivity index (χ0) is 20.8. The predicted octanol–water partition coefficient (Wildman–Crippen LogP) is 4.50. The average Bonchev–Trinajstić information content (AvgIpc) is 2.65. The number of aliphatic hydroxyl groups is 1. The van der Waals surface area contributed by atoms with Crippen molar-refractivity contribution in [3.05, 3.63) is 53.6 Å². The van der Waals surface area contributed by atoms with E-state index < -0.39 is 29.0 Å². The van der Waals surface area contributed by atoms with Crippen LogP contribution in [0, 0.1) is 23.1 Å². The van der Waals surface area contributed by atoms with Crippen molar-refractivity contribution >= 4 is 11.6 Å². The Kier molecular flexibility index (Phi) is 6.66. The summed E-state index contributed by atoms with van der Waals surface area (Å²) in [6, 6.07) is 6.54. The molecule has 2 aromatic rings. The summed E-state index contributed by atoms with van der Waals surface area (Å²) in [5.74, 6) is -2.65. The van der Waals surface area contributed by atoms with Crippen molar-refractivity contribution in [3.63, 3.8) is 0 Å². The molecule has 0 aliphatic carbocycles. The number of amides is 1. The fourth-order valence-electron chi connectivity index (χ4n) is 2.29. The molecule has 146 valence electrons. The van der Waals surface area contributed by atoms with Gasteiger partial charge in [0.2, 0.25) is 5.95 Å². The van der Waals surface area contributed by atoms with Gasteiger partial charge in [0.25, 0.3) is 5.91 Å². The molecule has 0 spiro atoms. The summed E-state index contributed by atoms with van der Waals surface area (Å²) in [6.45, 7) is 4.90. The van der Waals surface area contributed by atoms with Crippen LogP contribution in [0.15, 0.2) is 41.8 Å². The summed E-state index contributed by atoms with van der Waals surface area (Å²) < 4.78 is 33.6. The summed E-state index contributed by atoms with van der Waals surface area (Å²) >= 11 is 0. The topological polar surface area (TPSA) is 95.2 Å². The lowest BCUT2D eigenvalue weighted by Crippen LogP contribution is -2.17. The fourth-order valence-corrected chi connectivity index (χ4v) is 2.29. The number of aromatic nitrogens is 1. The Balaban J connectivity index is 2.51. The molecule has 1 atom stereocenters. The van der Waals surface area contributed by atoms with Crippen LogP contribution in [-0.4, -0.2) is 22.1 Å². The van der Waals surface area contributed by atoms with Crippen molar-refractivity contribution in [2.24, 2.45) is 0 Å². The molecular formula is C20H19F2N3O3. The van der Waals surface area contributed by atoms with E-state index in [1.54, 1.807) is 6.07 Å². The monoisotopic (exact) mass is 387 g/mol. The fraction of sp³-hybridized carbons (Fsp3) is 0.250. The van der Waals surface area contributed by atoms with Crippen LogP contribution in [0.3, 0.4) is 0 Å². The van der Waals surface area contributed by atoms with E-state index in [0.29, 0.717) is 17.5 Å².